The van der Waals surface area contributed by atoms with Crippen LogP contribution in [-0.2, 0) is 29.1 Å². The molecule has 0 aliphatic heterocycles. The van der Waals surface area contributed by atoms with Gasteiger partial charge in [-0.05, 0) is 79.8 Å². The number of rotatable bonds is 11. The van der Waals surface area contributed by atoms with Crippen molar-refractivity contribution in [2.45, 2.75) is 70.8 Å². The van der Waals surface area contributed by atoms with Gasteiger partial charge in [0.05, 0.1) is 5.75 Å². The molecule has 0 spiro atoms. The van der Waals surface area contributed by atoms with Crippen molar-refractivity contribution >= 4 is 33.8 Å². The van der Waals surface area contributed by atoms with Gasteiger partial charge in [0, 0.05) is 22.7 Å². The van der Waals surface area contributed by atoms with Gasteiger partial charge in [-0.2, -0.15) is 0 Å². The molecule has 0 saturated heterocycles. The summed E-state index contributed by atoms with van der Waals surface area (Å²) in [6.45, 7) is 5.06. The number of halogens is 2. The maximum Gasteiger partial charge on any atom is 0.150 e. The lowest BCUT2D eigenvalue weighted by molar-refractivity contribution is 0.392. The Morgan fingerprint density at radius 3 is 2.56 bits per heavy atom. The van der Waals surface area contributed by atoms with Crippen LogP contribution in [0, 0.1) is 0 Å². The zero-order chi connectivity index (χ0) is 22.3. The summed E-state index contributed by atoms with van der Waals surface area (Å²) in [6, 6.07) is 15.5. The first kappa shape index (κ1) is 27.2. The Morgan fingerprint density at radius 1 is 1.06 bits per heavy atom. The third-order valence-corrected chi connectivity index (χ3v) is 8.68. The molecule has 0 heterocycles. The lowest BCUT2D eigenvalue weighted by atomic mass is 9.75. The van der Waals surface area contributed by atoms with E-state index in [1.54, 1.807) is 0 Å². The predicted molar refractivity (Wildman–Crippen MR) is 139 cm³/mol. The molecule has 32 heavy (non-hydrogen) atoms. The van der Waals surface area contributed by atoms with Crippen LogP contribution in [0.15, 0.2) is 42.5 Å². The van der Waals surface area contributed by atoms with Crippen LogP contribution in [0.2, 0.25) is 5.02 Å². The quantitative estimate of drug-likeness (QED) is 0.378. The molecule has 3 rings (SSSR count). The average Bonchev–Trinajstić information content (AvgIpc) is 2.74. The Balaban J connectivity index is 0.00000363. The Hall–Kier alpha value is -1.07. The second-order valence-electron chi connectivity index (χ2n) is 8.75. The molecule has 1 aliphatic rings. The van der Waals surface area contributed by atoms with E-state index >= 15 is 0 Å². The van der Waals surface area contributed by atoms with Crippen molar-refractivity contribution in [1.82, 2.24) is 5.32 Å². The van der Waals surface area contributed by atoms with Crippen molar-refractivity contribution in [2.24, 2.45) is 0 Å². The highest BCUT2D eigenvalue weighted by molar-refractivity contribution is 7.91. The number of likely N-dealkylation sites (N-methyl/N-ethyl adjacent to an activating group) is 1. The summed E-state index contributed by atoms with van der Waals surface area (Å²) in [6.07, 6.45) is 6.46. The van der Waals surface area contributed by atoms with E-state index in [0.29, 0.717) is 29.9 Å². The highest BCUT2D eigenvalue weighted by Crippen LogP contribution is 2.36. The Bertz CT molecular complexity index is 962. The van der Waals surface area contributed by atoms with Gasteiger partial charge < -0.3 is 5.32 Å². The zero-order valence-electron chi connectivity index (χ0n) is 19.3. The lowest BCUT2D eigenvalue weighted by Gasteiger charge is -2.35. The SMILES string of the molecule is CCCS(=O)(=O)CCCCc1ccc2c(c1)C(Cc1ccccc1Cl)C(NCC)CC2.Cl. The molecule has 2 unspecified atom stereocenters. The average molecular weight is 499 g/mol. The summed E-state index contributed by atoms with van der Waals surface area (Å²) >= 11 is 6.50. The minimum Gasteiger partial charge on any atom is -0.314 e. The first-order valence-corrected chi connectivity index (χ1v) is 13.9. The largest absolute Gasteiger partial charge is 0.314 e. The summed E-state index contributed by atoms with van der Waals surface area (Å²) < 4.78 is 23.9. The van der Waals surface area contributed by atoms with Gasteiger partial charge in [0.1, 0.15) is 9.84 Å². The minimum absolute atomic E-state index is 0. The Kier molecular flexibility index (Phi) is 11.0. The molecule has 0 saturated carbocycles. The van der Waals surface area contributed by atoms with Crippen molar-refractivity contribution in [2.75, 3.05) is 18.1 Å². The molecule has 2 aromatic rings. The predicted octanol–water partition coefficient (Wildman–Crippen LogP) is 6.16. The van der Waals surface area contributed by atoms with E-state index in [4.69, 9.17) is 11.6 Å². The molecule has 2 aromatic carbocycles. The maximum atomic E-state index is 12.0. The molecule has 1 aliphatic carbocycles. The van der Waals surface area contributed by atoms with Crippen molar-refractivity contribution in [3.8, 4) is 0 Å². The molecule has 0 aromatic heterocycles. The number of fused-ring (bicyclic) bond motifs is 1. The van der Waals surface area contributed by atoms with Gasteiger partial charge in [-0.25, -0.2) is 8.42 Å². The highest BCUT2D eigenvalue weighted by Gasteiger charge is 2.29. The number of hydrogen-bond donors (Lipinski definition) is 1. The van der Waals surface area contributed by atoms with Gasteiger partial charge in [-0.3, -0.25) is 0 Å². The van der Waals surface area contributed by atoms with Gasteiger partial charge >= 0.3 is 0 Å². The minimum atomic E-state index is -2.88. The molecule has 6 heteroatoms. The first-order chi connectivity index (χ1) is 14.9. The molecule has 0 fully saturated rings. The van der Waals surface area contributed by atoms with Gasteiger partial charge in [0.2, 0.25) is 0 Å². The van der Waals surface area contributed by atoms with Crippen molar-refractivity contribution in [3.63, 3.8) is 0 Å². The van der Waals surface area contributed by atoms with Crippen LogP contribution in [0.1, 0.15) is 67.7 Å². The lowest BCUT2D eigenvalue weighted by Crippen LogP contribution is -2.39. The van der Waals surface area contributed by atoms with Crippen LogP contribution >= 0.6 is 24.0 Å². The molecule has 178 valence electrons. The van der Waals surface area contributed by atoms with Crippen LogP contribution in [0.4, 0.5) is 0 Å². The van der Waals surface area contributed by atoms with E-state index in [-0.39, 0.29) is 12.4 Å². The van der Waals surface area contributed by atoms with E-state index < -0.39 is 9.84 Å². The molecular weight excluding hydrogens is 461 g/mol. The molecular formula is C26H37Cl2NO2S. The van der Waals surface area contributed by atoms with Crippen LogP contribution in [0.3, 0.4) is 0 Å². The fraction of sp³-hybridized carbons (Fsp3) is 0.538. The molecule has 2 atom stereocenters. The summed E-state index contributed by atoms with van der Waals surface area (Å²) in [7, 11) is -2.88. The number of benzene rings is 2. The Morgan fingerprint density at radius 2 is 1.84 bits per heavy atom. The normalized spacial score (nSPS) is 18.1. The topological polar surface area (TPSA) is 46.2 Å². The molecule has 0 radical (unpaired) electrons. The fourth-order valence-electron chi connectivity index (χ4n) is 4.83. The standard InChI is InChI=1S/C26H36ClNO2S.ClH/c1-3-16-31(29,30)17-8-7-9-20-12-13-21-14-15-26(28-4-2)24(23(21)18-20)19-22-10-5-6-11-25(22)27;/h5-6,10-13,18,24,26,28H,3-4,7-9,14-17,19H2,1-2H3;1H. The van der Waals surface area contributed by atoms with E-state index in [1.807, 2.05) is 19.1 Å². The van der Waals surface area contributed by atoms with Gasteiger partial charge in [0.15, 0.2) is 0 Å². The van der Waals surface area contributed by atoms with Crippen molar-refractivity contribution in [3.05, 3.63) is 69.7 Å². The van der Waals surface area contributed by atoms with Gasteiger partial charge in [-0.15, -0.1) is 12.4 Å². The van der Waals surface area contributed by atoms with Crippen LogP contribution in [0.5, 0.6) is 0 Å². The smallest absolute Gasteiger partial charge is 0.150 e. The van der Waals surface area contributed by atoms with Crippen molar-refractivity contribution in [1.29, 1.82) is 0 Å². The third-order valence-electron chi connectivity index (χ3n) is 6.37. The zero-order valence-corrected chi connectivity index (χ0v) is 21.7. The monoisotopic (exact) mass is 497 g/mol. The Labute approximate surface area is 205 Å². The first-order valence-electron chi connectivity index (χ1n) is 11.7. The van der Waals surface area contributed by atoms with Crippen LogP contribution in [-0.4, -0.2) is 32.5 Å². The third kappa shape index (κ3) is 7.48. The second-order valence-corrected chi connectivity index (χ2v) is 11.5. The molecule has 1 N–H and O–H groups in total. The molecule has 3 nitrogen and oxygen atoms in total. The number of sulfone groups is 1. The summed E-state index contributed by atoms with van der Waals surface area (Å²) in [5.74, 6) is 1.01. The van der Waals surface area contributed by atoms with E-state index in [0.717, 1.165) is 50.1 Å². The van der Waals surface area contributed by atoms with E-state index in [9.17, 15) is 8.42 Å². The summed E-state index contributed by atoms with van der Waals surface area (Å²) in [4.78, 5) is 0. The maximum absolute atomic E-state index is 12.0. The number of hydrogen-bond acceptors (Lipinski definition) is 3. The number of aryl methyl sites for hydroxylation is 2. The highest BCUT2D eigenvalue weighted by atomic mass is 35.5. The van der Waals surface area contributed by atoms with E-state index in [1.165, 1.54) is 22.3 Å². The van der Waals surface area contributed by atoms with Crippen LogP contribution < -0.4 is 5.32 Å². The second kappa shape index (κ2) is 13.0. The van der Waals surface area contributed by atoms with Gasteiger partial charge in [0.25, 0.3) is 0 Å². The van der Waals surface area contributed by atoms with Crippen LogP contribution in [0.25, 0.3) is 0 Å². The summed E-state index contributed by atoms with van der Waals surface area (Å²) in [5.41, 5.74) is 5.40. The number of nitrogens with one attached hydrogen (secondary N) is 1. The molecule has 0 bridgehead atoms. The molecule has 0 amide bonds. The summed E-state index contributed by atoms with van der Waals surface area (Å²) in [5, 5.41) is 4.55. The van der Waals surface area contributed by atoms with Crippen molar-refractivity contribution < 1.29 is 8.42 Å². The fourth-order valence-corrected chi connectivity index (χ4v) is 6.51. The van der Waals surface area contributed by atoms with Gasteiger partial charge in [-0.1, -0.05) is 61.8 Å². The number of unbranched alkanes of at least 4 members (excludes halogenated alkanes) is 1. The van der Waals surface area contributed by atoms with E-state index in [2.05, 4.69) is 42.6 Å².